The zero-order chi connectivity index (χ0) is 15.8. The van der Waals surface area contributed by atoms with Gasteiger partial charge in [0.05, 0.1) is 30.2 Å². The number of hydrogen-bond acceptors (Lipinski definition) is 5. The van der Waals surface area contributed by atoms with Crippen LogP contribution >= 0.6 is 0 Å². The molecular formula is C16H26N2O3. The fraction of sp³-hybridized carbons (Fsp3) is 0.562. The van der Waals surface area contributed by atoms with Crippen molar-refractivity contribution < 1.29 is 14.6 Å². The van der Waals surface area contributed by atoms with E-state index in [9.17, 15) is 9.90 Å². The lowest BCUT2D eigenvalue weighted by atomic mass is 10.0. The van der Waals surface area contributed by atoms with E-state index < -0.39 is 0 Å². The number of benzene rings is 1. The summed E-state index contributed by atoms with van der Waals surface area (Å²) in [6.45, 7) is 6.71. The van der Waals surface area contributed by atoms with Crippen molar-refractivity contribution in [1.29, 1.82) is 0 Å². The third kappa shape index (κ3) is 4.11. The molecule has 0 bridgehead atoms. The Morgan fingerprint density at radius 1 is 1.33 bits per heavy atom. The van der Waals surface area contributed by atoms with Crippen LogP contribution in [-0.2, 0) is 4.74 Å². The predicted molar refractivity (Wildman–Crippen MR) is 85.6 cm³/mol. The van der Waals surface area contributed by atoms with Crippen molar-refractivity contribution in [1.82, 2.24) is 0 Å². The molecule has 0 saturated heterocycles. The number of esters is 1. The smallest absolute Gasteiger partial charge is 0.340 e. The number of nitrogens with two attached hydrogens (primary N) is 1. The molecule has 3 N–H and O–H groups in total. The molecule has 0 aliphatic rings. The lowest BCUT2D eigenvalue weighted by molar-refractivity contribution is 0.0527. The average Bonchev–Trinajstić information content (AvgIpc) is 2.47. The molecule has 21 heavy (non-hydrogen) atoms. The van der Waals surface area contributed by atoms with Crippen LogP contribution in [0.15, 0.2) is 18.2 Å². The van der Waals surface area contributed by atoms with Crippen molar-refractivity contribution in [3.8, 4) is 0 Å². The highest BCUT2D eigenvalue weighted by atomic mass is 16.5. The average molecular weight is 294 g/mol. The summed E-state index contributed by atoms with van der Waals surface area (Å²) in [4.78, 5) is 14.2. The van der Waals surface area contributed by atoms with Crippen molar-refractivity contribution in [2.75, 3.05) is 30.4 Å². The Bertz CT molecular complexity index is 459. The SMILES string of the molecule is CCOC(=O)c1cccc(N)c1N(CCO)C(CC)CC. The van der Waals surface area contributed by atoms with Gasteiger partial charge in [-0.25, -0.2) is 4.79 Å². The van der Waals surface area contributed by atoms with Gasteiger partial charge in [-0.2, -0.15) is 0 Å². The van der Waals surface area contributed by atoms with Crippen molar-refractivity contribution >= 4 is 17.3 Å². The standard InChI is InChI=1S/C16H26N2O3/c1-4-12(5-2)18(10-11-19)15-13(16(20)21-6-3)8-7-9-14(15)17/h7-9,12,19H,4-6,10-11,17H2,1-3H3. The number of carbonyl (C=O) groups excluding carboxylic acids is 1. The topological polar surface area (TPSA) is 75.8 Å². The maximum absolute atomic E-state index is 12.2. The summed E-state index contributed by atoms with van der Waals surface area (Å²) in [5.74, 6) is -0.381. The number of para-hydroxylation sites is 1. The van der Waals surface area contributed by atoms with E-state index in [0.29, 0.717) is 30.1 Å². The quantitative estimate of drug-likeness (QED) is 0.569. The summed E-state index contributed by atoms with van der Waals surface area (Å²) in [5, 5.41) is 9.36. The Balaban J connectivity index is 3.31. The Kier molecular flexibility index (Phi) is 7.02. The van der Waals surface area contributed by atoms with Gasteiger partial charge in [-0.05, 0) is 31.9 Å². The van der Waals surface area contributed by atoms with Crippen LogP contribution < -0.4 is 10.6 Å². The van der Waals surface area contributed by atoms with E-state index in [1.54, 1.807) is 25.1 Å². The third-order valence-electron chi connectivity index (χ3n) is 3.57. The summed E-state index contributed by atoms with van der Waals surface area (Å²) in [6, 6.07) is 5.45. The van der Waals surface area contributed by atoms with Crippen LogP contribution in [0.25, 0.3) is 0 Å². The van der Waals surface area contributed by atoms with Gasteiger partial charge in [0.1, 0.15) is 0 Å². The van der Waals surface area contributed by atoms with E-state index in [0.717, 1.165) is 12.8 Å². The fourth-order valence-corrected chi connectivity index (χ4v) is 2.57. The fourth-order valence-electron chi connectivity index (χ4n) is 2.57. The van der Waals surface area contributed by atoms with Crippen LogP contribution in [0.3, 0.4) is 0 Å². The molecule has 118 valence electrons. The zero-order valence-corrected chi connectivity index (χ0v) is 13.1. The largest absolute Gasteiger partial charge is 0.462 e. The van der Waals surface area contributed by atoms with Crippen LogP contribution in [0.5, 0.6) is 0 Å². The molecule has 0 unspecified atom stereocenters. The first-order chi connectivity index (χ1) is 10.1. The number of ether oxygens (including phenoxy) is 1. The molecular weight excluding hydrogens is 268 g/mol. The van der Waals surface area contributed by atoms with E-state index in [-0.39, 0.29) is 18.6 Å². The molecule has 0 aliphatic carbocycles. The summed E-state index contributed by atoms with van der Waals surface area (Å²) in [6.07, 6.45) is 1.82. The Morgan fingerprint density at radius 3 is 2.52 bits per heavy atom. The third-order valence-corrected chi connectivity index (χ3v) is 3.57. The number of rotatable bonds is 8. The van der Waals surface area contributed by atoms with Crippen LogP contribution in [-0.4, -0.2) is 36.9 Å². The van der Waals surface area contributed by atoms with Gasteiger partial charge in [-0.3, -0.25) is 0 Å². The van der Waals surface area contributed by atoms with Crippen molar-refractivity contribution in [3.05, 3.63) is 23.8 Å². The Labute approximate surface area is 126 Å². The lowest BCUT2D eigenvalue weighted by Crippen LogP contribution is -2.38. The lowest BCUT2D eigenvalue weighted by Gasteiger charge is -2.34. The van der Waals surface area contributed by atoms with E-state index in [1.165, 1.54) is 0 Å². The summed E-state index contributed by atoms with van der Waals surface area (Å²) in [7, 11) is 0. The number of aliphatic hydroxyl groups excluding tert-OH is 1. The number of aliphatic hydroxyl groups is 1. The molecule has 5 heteroatoms. The van der Waals surface area contributed by atoms with Gasteiger partial charge in [0.15, 0.2) is 0 Å². The highest BCUT2D eigenvalue weighted by Gasteiger charge is 2.24. The minimum atomic E-state index is -0.381. The van der Waals surface area contributed by atoms with Gasteiger partial charge in [0.2, 0.25) is 0 Å². The van der Waals surface area contributed by atoms with Gasteiger partial charge >= 0.3 is 5.97 Å². The van der Waals surface area contributed by atoms with Crippen LogP contribution in [0, 0.1) is 0 Å². The number of nitrogens with zero attached hydrogens (tertiary/aromatic N) is 1. The molecule has 0 saturated carbocycles. The molecule has 0 amide bonds. The van der Waals surface area contributed by atoms with E-state index in [4.69, 9.17) is 10.5 Å². The second-order valence-corrected chi connectivity index (χ2v) is 4.85. The molecule has 0 aromatic heterocycles. The Morgan fingerprint density at radius 2 is 2.00 bits per heavy atom. The van der Waals surface area contributed by atoms with Gasteiger partial charge in [0.25, 0.3) is 0 Å². The maximum Gasteiger partial charge on any atom is 0.340 e. The predicted octanol–water partition coefficient (Wildman–Crippen LogP) is 2.43. The molecule has 1 aromatic rings. The number of nitrogen functional groups attached to an aromatic ring is 1. The molecule has 1 rings (SSSR count). The molecule has 0 atom stereocenters. The van der Waals surface area contributed by atoms with Gasteiger partial charge < -0.3 is 20.5 Å². The zero-order valence-electron chi connectivity index (χ0n) is 13.1. The van der Waals surface area contributed by atoms with Gasteiger partial charge in [0, 0.05) is 12.6 Å². The summed E-state index contributed by atoms with van der Waals surface area (Å²) in [5.41, 5.74) is 7.75. The maximum atomic E-state index is 12.2. The summed E-state index contributed by atoms with van der Waals surface area (Å²) >= 11 is 0. The van der Waals surface area contributed by atoms with E-state index in [2.05, 4.69) is 13.8 Å². The second kappa shape index (κ2) is 8.52. The Hall–Kier alpha value is -1.75. The molecule has 1 aromatic carbocycles. The highest BCUT2D eigenvalue weighted by Crippen LogP contribution is 2.31. The molecule has 0 radical (unpaired) electrons. The van der Waals surface area contributed by atoms with Crippen LogP contribution in [0.1, 0.15) is 44.0 Å². The van der Waals surface area contributed by atoms with Crippen LogP contribution in [0.2, 0.25) is 0 Å². The highest BCUT2D eigenvalue weighted by molar-refractivity contribution is 5.99. The first-order valence-corrected chi connectivity index (χ1v) is 7.53. The van der Waals surface area contributed by atoms with Crippen molar-refractivity contribution in [3.63, 3.8) is 0 Å². The molecule has 5 nitrogen and oxygen atoms in total. The molecule has 0 aliphatic heterocycles. The molecule has 0 heterocycles. The normalized spacial score (nSPS) is 10.7. The monoisotopic (exact) mass is 294 g/mol. The second-order valence-electron chi connectivity index (χ2n) is 4.85. The molecule has 0 fully saturated rings. The summed E-state index contributed by atoms with van der Waals surface area (Å²) < 4.78 is 5.12. The number of carbonyl (C=O) groups is 1. The first kappa shape index (κ1) is 17.3. The van der Waals surface area contributed by atoms with Crippen molar-refractivity contribution in [2.45, 2.75) is 39.7 Å². The van der Waals surface area contributed by atoms with Crippen LogP contribution in [0.4, 0.5) is 11.4 Å². The molecule has 0 spiro atoms. The van der Waals surface area contributed by atoms with E-state index in [1.807, 2.05) is 4.90 Å². The first-order valence-electron chi connectivity index (χ1n) is 7.53. The van der Waals surface area contributed by atoms with Gasteiger partial charge in [-0.15, -0.1) is 0 Å². The number of anilines is 2. The van der Waals surface area contributed by atoms with Crippen molar-refractivity contribution in [2.24, 2.45) is 0 Å². The van der Waals surface area contributed by atoms with E-state index >= 15 is 0 Å². The van der Waals surface area contributed by atoms with Gasteiger partial charge in [-0.1, -0.05) is 19.9 Å². The number of hydrogen-bond donors (Lipinski definition) is 2. The minimum Gasteiger partial charge on any atom is -0.462 e. The minimum absolute atomic E-state index is 0.00704.